The van der Waals surface area contributed by atoms with E-state index in [0.29, 0.717) is 12.0 Å². The molecule has 3 N–H and O–H groups in total. The molecule has 2 atom stereocenters. The fraction of sp³-hybridized carbons (Fsp3) is 0.462. The summed E-state index contributed by atoms with van der Waals surface area (Å²) in [5.41, 5.74) is 6.56. The number of nitrogens with two attached hydrogens (primary N) is 1. The van der Waals surface area contributed by atoms with E-state index in [1.165, 1.54) is 0 Å². The van der Waals surface area contributed by atoms with Gasteiger partial charge in [0.15, 0.2) is 0 Å². The molecule has 1 aromatic rings. The molecule has 0 aromatic heterocycles. The molecule has 1 aliphatic rings. The van der Waals surface area contributed by atoms with Crippen molar-refractivity contribution in [2.24, 2.45) is 11.7 Å². The molecule has 1 amide bonds. The molecule has 3 nitrogen and oxygen atoms in total. The van der Waals surface area contributed by atoms with E-state index < -0.39 is 0 Å². The van der Waals surface area contributed by atoms with Gasteiger partial charge in [0.05, 0.1) is 0 Å². The molecule has 1 aliphatic carbocycles. The Hall–Kier alpha value is -1.35. The van der Waals surface area contributed by atoms with Crippen molar-refractivity contribution >= 4 is 5.91 Å². The lowest BCUT2D eigenvalue weighted by atomic mass is 10.1. The molecule has 16 heavy (non-hydrogen) atoms. The molecule has 0 radical (unpaired) electrons. The van der Waals surface area contributed by atoms with Gasteiger partial charge in [-0.25, -0.2) is 0 Å². The summed E-state index contributed by atoms with van der Waals surface area (Å²) < 4.78 is 0. The van der Waals surface area contributed by atoms with Crippen LogP contribution in [0, 0.1) is 5.92 Å². The maximum atomic E-state index is 11.7. The minimum absolute atomic E-state index is 0.0149. The zero-order valence-electron chi connectivity index (χ0n) is 9.36. The first kappa shape index (κ1) is 11.1. The van der Waals surface area contributed by atoms with E-state index in [1.807, 2.05) is 30.3 Å². The van der Waals surface area contributed by atoms with Crippen LogP contribution in [0.1, 0.15) is 29.6 Å². The van der Waals surface area contributed by atoms with Crippen LogP contribution < -0.4 is 11.1 Å². The van der Waals surface area contributed by atoms with E-state index in [-0.39, 0.29) is 5.91 Å². The van der Waals surface area contributed by atoms with Crippen molar-refractivity contribution in [3.05, 3.63) is 35.9 Å². The second kappa shape index (κ2) is 5.12. The van der Waals surface area contributed by atoms with Crippen molar-refractivity contribution in [2.75, 3.05) is 6.54 Å². The lowest BCUT2D eigenvalue weighted by Crippen LogP contribution is -2.29. The highest BCUT2D eigenvalue weighted by molar-refractivity contribution is 5.94. The van der Waals surface area contributed by atoms with Crippen LogP contribution in [0.15, 0.2) is 30.3 Å². The Morgan fingerprint density at radius 2 is 2.06 bits per heavy atom. The SMILES string of the molecule is N[C@H]1CC[C@@H](CNC(=O)c2ccccc2)C1. The number of amides is 1. The van der Waals surface area contributed by atoms with Gasteiger partial charge >= 0.3 is 0 Å². The second-order valence-electron chi connectivity index (χ2n) is 4.52. The second-order valence-corrected chi connectivity index (χ2v) is 4.52. The van der Waals surface area contributed by atoms with Crippen LogP contribution in [0.2, 0.25) is 0 Å². The molecule has 0 unspecified atom stereocenters. The predicted molar refractivity (Wildman–Crippen MR) is 64.1 cm³/mol. The topological polar surface area (TPSA) is 55.1 Å². The first-order valence-electron chi connectivity index (χ1n) is 5.84. The first-order chi connectivity index (χ1) is 7.75. The Bertz CT molecular complexity index is 350. The molecule has 86 valence electrons. The smallest absolute Gasteiger partial charge is 0.251 e. The number of hydrogen-bond acceptors (Lipinski definition) is 2. The summed E-state index contributed by atoms with van der Waals surface area (Å²) in [7, 11) is 0. The lowest BCUT2D eigenvalue weighted by molar-refractivity contribution is 0.0947. The molecule has 1 aromatic carbocycles. The Morgan fingerprint density at radius 3 is 2.69 bits per heavy atom. The number of benzene rings is 1. The average Bonchev–Trinajstić information content (AvgIpc) is 2.73. The van der Waals surface area contributed by atoms with Crippen molar-refractivity contribution in [3.8, 4) is 0 Å². The molecule has 3 heteroatoms. The fourth-order valence-electron chi connectivity index (χ4n) is 2.23. The standard InChI is InChI=1S/C13H18N2O/c14-12-7-6-10(8-12)9-15-13(16)11-4-2-1-3-5-11/h1-5,10,12H,6-9,14H2,(H,15,16)/t10-,12+/m1/s1. The van der Waals surface area contributed by atoms with Crippen LogP contribution in [0.4, 0.5) is 0 Å². The van der Waals surface area contributed by atoms with Gasteiger partial charge in [0.25, 0.3) is 5.91 Å². The highest BCUT2D eigenvalue weighted by Crippen LogP contribution is 2.23. The molecule has 1 saturated carbocycles. The van der Waals surface area contributed by atoms with Gasteiger partial charge < -0.3 is 11.1 Å². The van der Waals surface area contributed by atoms with Crippen molar-refractivity contribution in [2.45, 2.75) is 25.3 Å². The summed E-state index contributed by atoms with van der Waals surface area (Å²) in [4.78, 5) is 11.7. The van der Waals surface area contributed by atoms with Crippen molar-refractivity contribution < 1.29 is 4.79 Å². The van der Waals surface area contributed by atoms with Crippen molar-refractivity contribution in [3.63, 3.8) is 0 Å². The molecule has 0 heterocycles. The van der Waals surface area contributed by atoms with Gasteiger partial charge in [-0.2, -0.15) is 0 Å². The van der Waals surface area contributed by atoms with Gasteiger partial charge in [-0.05, 0) is 37.3 Å². The molecule has 2 rings (SSSR count). The minimum Gasteiger partial charge on any atom is -0.352 e. The quantitative estimate of drug-likeness (QED) is 0.808. The Kier molecular flexibility index (Phi) is 3.57. The highest BCUT2D eigenvalue weighted by Gasteiger charge is 2.21. The minimum atomic E-state index is 0.0149. The molecule has 1 fully saturated rings. The van der Waals surface area contributed by atoms with E-state index in [1.54, 1.807) is 0 Å². The van der Waals surface area contributed by atoms with Gasteiger partial charge in [-0.1, -0.05) is 18.2 Å². The first-order valence-corrected chi connectivity index (χ1v) is 5.84. The van der Waals surface area contributed by atoms with Crippen LogP contribution >= 0.6 is 0 Å². The third-order valence-electron chi connectivity index (χ3n) is 3.17. The zero-order valence-corrected chi connectivity index (χ0v) is 9.36. The van der Waals surface area contributed by atoms with Crippen LogP contribution in [0.5, 0.6) is 0 Å². The molecular weight excluding hydrogens is 200 g/mol. The third kappa shape index (κ3) is 2.83. The van der Waals surface area contributed by atoms with Gasteiger partial charge in [0, 0.05) is 18.2 Å². The van der Waals surface area contributed by atoms with E-state index in [9.17, 15) is 4.79 Å². The van der Waals surface area contributed by atoms with Gasteiger partial charge in [-0.3, -0.25) is 4.79 Å². The normalized spacial score (nSPS) is 24.3. The number of hydrogen-bond donors (Lipinski definition) is 2. The zero-order chi connectivity index (χ0) is 11.4. The number of carbonyl (C=O) groups is 1. The van der Waals surface area contributed by atoms with E-state index in [2.05, 4.69) is 5.32 Å². The fourth-order valence-corrected chi connectivity index (χ4v) is 2.23. The van der Waals surface area contributed by atoms with E-state index in [4.69, 9.17) is 5.73 Å². The predicted octanol–water partition coefficient (Wildman–Crippen LogP) is 1.54. The molecule has 0 spiro atoms. The van der Waals surface area contributed by atoms with Gasteiger partial charge in [-0.15, -0.1) is 0 Å². The van der Waals surface area contributed by atoms with Crippen LogP contribution in [-0.2, 0) is 0 Å². The summed E-state index contributed by atoms with van der Waals surface area (Å²) in [6.45, 7) is 0.751. The van der Waals surface area contributed by atoms with Crippen LogP contribution in [0.25, 0.3) is 0 Å². The average molecular weight is 218 g/mol. The molecule has 0 aliphatic heterocycles. The summed E-state index contributed by atoms with van der Waals surface area (Å²) in [6.07, 6.45) is 3.26. The summed E-state index contributed by atoms with van der Waals surface area (Å²) in [5, 5.41) is 2.97. The van der Waals surface area contributed by atoms with Crippen LogP contribution in [0.3, 0.4) is 0 Å². The van der Waals surface area contributed by atoms with Crippen LogP contribution in [-0.4, -0.2) is 18.5 Å². The summed E-state index contributed by atoms with van der Waals surface area (Å²) in [6, 6.07) is 9.65. The van der Waals surface area contributed by atoms with Gasteiger partial charge in [0.1, 0.15) is 0 Å². The van der Waals surface area contributed by atoms with E-state index in [0.717, 1.165) is 31.4 Å². The third-order valence-corrected chi connectivity index (χ3v) is 3.17. The number of rotatable bonds is 3. The molecule has 0 bridgehead atoms. The monoisotopic (exact) mass is 218 g/mol. The van der Waals surface area contributed by atoms with Crippen molar-refractivity contribution in [1.29, 1.82) is 0 Å². The largest absolute Gasteiger partial charge is 0.352 e. The molecular formula is C13H18N2O. The Balaban J connectivity index is 1.80. The summed E-state index contributed by atoms with van der Waals surface area (Å²) >= 11 is 0. The van der Waals surface area contributed by atoms with E-state index >= 15 is 0 Å². The Labute approximate surface area is 96.0 Å². The Morgan fingerprint density at radius 1 is 1.31 bits per heavy atom. The maximum absolute atomic E-state index is 11.7. The lowest BCUT2D eigenvalue weighted by Gasteiger charge is -2.10. The number of nitrogens with one attached hydrogen (secondary N) is 1. The molecule has 0 saturated heterocycles. The maximum Gasteiger partial charge on any atom is 0.251 e. The van der Waals surface area contributed by atoms with Gasteiger partial charge in [0.2, 0.25) is 0 Å². The highest BCUT2D eigenvalue weighted by atomic mass is 16.1. The van der Waals surface area contributed by atoms with Crippen molar-refractivity contribution in [1.82, 2.24) is 5.32 Å². The summed E-state index contributed by atoms with van der Waals surface area (Å²) in [5.74, 6) is 0.573. The number of carbonyl (C=O) groups excluding carboxylic acids is 1.